The van der Waals surface area contributed by atoms with E-state index in [0.29, 0.717) is 25.9 Å². The lowest BCUT2D eigenvalue weighted by atomic mass is 10.1. The van der Waals surface area contributed by atoms with E-state index in [1.54, 1.807) is 30.3 Å². The van der Waals surface area contributed by atoms with Crippen molar-refractivity contribution in [3.05, 3.63) is 86.8 Å². The zero-order valence-electron chi connectivity index (χ0n) is 22.5. The van der Waals surface area contributed by atoms with Crippen LogP contribution in [0.2, 0.25) is 0 Å². The highest BCUT2D eigenvalue weighted by molar-refractivity contribution is 9.11. The van der Waals surface area contributed by atoms with E-state index >= 15 is 0 Å². The molecule has 0 saturated heterocycles. The first-order valence-corrected chi connectivity index (χ1v) is 14.3. The molecule has 0 aliphatic rings. The van der Waals surface area contributed by atoms with Crippen LogP contribution in [0.5, 0.6) is 11.5 Å². The molecular formula is C29H33Br2F3N2O4. The molecule has 3 aromatic rings. The number of alkyl halides is 3. The number of hydrogen-bond acceptors (Lipinski definition) is 5. The Morgan fingerprint density at radius 2 is 1.52 bits per heavy atom. The summed E-state index contributed by atoms with van der Waals surface area (Å²) in [5.74, 6) is -0.890. The summed E-state index contributed by atoms with van der Waals surface area (Å²) in [6.45, 7) is 10.1. The van der Waals surface area contributed by atoms with Gasteiger partial charge in [-0.2, -0.15) is 0 Å². The van der Waals surface area contributed by atoms with Crippen LogP contribution in [0.1, 0.15) is 31.9 Å². The number of carbonyl (C=O) groups is 1. The normalized spacial score (nSPS) is 11.8. The van der Waals surface area contributed by atoms with Crippen LogP contribution in [0.3, 0.4) is 0 Å². The predicted molar refractivity (Wildman–Crippen MR) is 158 cm³/mol. The van der Waals surface area contributed by atoms with Gasteiger partial charge in [-0.25, -0.2) is 4.79 Å². The van der Waals surface area contributed by atoms with Gasteiger partial charge in [0.25, 0.3) is 0 Å². The van der Waals surface area contributed by atoms with Gasteiger partial charge in [0, 0.05) is 12.1 Å². The maximum Gasteiger partial charge on any atom is 0.573 e. The molecule has 0 saturated carbocycles. The van der Waals surface area contributed by atoms with E-state index in [9.17, 15) is 23.1 Å². The molecular weight excluding hydrogens is 657 g/mol. The van der Waals surface area contributed by atoms with E-state index < -0.39 is 18.4 Å². The maximum atomic E-state index is 12.4. The third kappa shape index (κ3) is 11.8. The van der Waals surface area contributed by atoms with Gasteiger partial charge < -0.3 is 24.8 Å². The SMILES string of the molecule is CCN(CC)CC.O=C(O)C(Cc1cc(Br)c(OCc2cccc(OC(F)(F)F)c2)c(Br)c1)Nc1ccccc1. The molecule has 3 rings (SSSR count). The van der Waals surface area contributed by atoms with Crippen LogP contribution >= 0.6 is 31.9 Å². The summed E-state index contributed by atoms with van der Waals surface area (Å²) >= 11 is 6.85. The Hall–Kier alpha value is -2.76. The van der Waals surface area contributed by atoms with Crippen LogP contribution in [0.25, 0.3) is 0 Å². The molecule has 1 atom stereocenters. The molecule has 0 aliphatic carbocycles. The topological polar surface area (TPSA) is 71.0 Å². The van der Waals surface area contributed by atoms with E-state index in [2.05, 4.69) is 67.6 Å². The van der Waals surface area contributed by atoms with Crippen molar-refractivity contribution in [2.75, 3.05) is 25.0 Å². The van der Waals surface area contributed by atoms with E-state index in [4.69, 9.17) is 4.74 Å². The first-order chi connectivity index (χ1) is 18.9. The summed E-state index contributed by atoms with van der Waals surface area (Å²) in [6.07, 6.45) is -4.57. The second-order valence-corrected chi connectivity index (χ2v) is 10.3. The number of rotatable bonds is 12. The van der Waals surface area contributed by atoms with Crippen molar-refractivity contribution in [2.24, 2.45) is 0 Å². The van der Waals surface area contributed by atoms with Gasteiger partial charge in [-0.3, -0.25) is 0 Å². The van der Waals surface area contributed by atoms with Gasteiger partial charge in [0.1, 0.15) is 24.1 Å². The minimum absolute atomic E-state index is 0.00107. The monoisotopic (exact) mass is 688 g/mol. The van der Waals surface area contributed by atoms with Crippen molar-refractivity contribution in [3.8, 4) is 11.5 Å². The molecule has 40 heavy (non-hydrogen) atoms. The molecule has 1 unspecified atom stereocenters. The quantitative estimate of drug-likeness (QED) is 0.200. The third-order valence-corrected chi connectivity index (χ3v) is 6.95. The second kappa shape index (κ2) is 16.5. The van der Waals surface area contributed by atoms with Gasteiger partial charge >= 0.3 is 12.3 Å². The number of halogens is 5. The lowest BCUT2D eigenvalue weighted by molar-refractivity contribution is -0.274. The summed E-state index contributed by atoms with van der Waals surface area (Å²) in [4.78, 5) is 14.1. The fraction of sp³-hybridized carbons (Fsp3) is 0.345. The largest absolute Gasteiger partial charge is 0.573 e. The third-order valence-electron chi connectivity index (χ3n) is 5.77. The second-order valence-electron chi connectivity index (χ2n) is 8.60. The average molecular weight is 690 g/mol. The number of carboxylic acid groups (broad SMARTS) is 1. The number of ether oxygens (including phenoxy) is 2. The number of aliphatic carboxylic acids is 1. The van der Waals surface area contributed by atoms with Gasteiger partial charge in [0.2, 0.25) is 0 Å². The van der Waals surface area contributed by atoms with Crippen molar-refractivity contribution < 1.29 is 32.5 Å². The van der Waals surface area contributed by atoms with Gasteiger partial charge in [-0.1, -0.05) is 51.1 Å². The van der Waals surface area contributed by atoms with Crippen molar-refractivity contribution in [1.29, 1.82) is 0 Å². The molecule has 0 aliphatic heterocycles. The summed E-state index contributed by atoms with van der Waals surface area (Å²) in [6, 6.07) is 17.2. The Labute approximate surface area is 249 Å². The number of nitrogens with one attached hydrogen (secondary N) is 1. The smallest absolute Gasteiger partial charge is 0.487 e. The molecule has 0 aromatic heterocycles. The fourth-order valence-corrected chi connectivity index (χ4v) is 5.21. The van der Waals surface area contributed by atoms with E-state index in [1.807, 2.05) is 18.2 Å². The number of nitrogens with zero attached hydrogens (tertiary/aromatic N) is 1. The summed E-state index contributed by atoms with van der Waals surface area (Å²) < 4.78 is 48.1. The standard InChI is InChI=1S/C23H18Br2F3NO4.C6H15N/c24-18-10-15(12-20(22(30)31)29-16-6-2-1-3-7-16)11-19(25)21(18)32-13-14-5-4-8-17(9-14)33-23(26,27)28;1-4-7(5-2)6-3/h1-11,20,29H,12-13H2,(H,30,31);4-6H2,1-3H3. The van der Waals surface area contributed by atoms with Gasteiger partial charge in [-0.15, -0.1) is 13.2 Å². The van der Waals surface area contributed by atoms with Crippen LogP contribution in [0.15, 0.2) is 75.7 Å². The number of carboxylic acids is 1. The number of para-hydroxylation sites is 1. The zero-order chi connectivity index (χ0) is 29.7. The van der Waals surface area contributed by atoms with Crippen molar-refractivity contribution >= 4 is 43.5 Å². The van der Waals surface area contributed by atoms with Crippen LogP contribution in [-0.2, 0) is 17.8 Å². The summed E-state index contributed by atoms with van der Waals surface area (Å²) in [7, 11) is 0. The molecule has 3 aromatic carbocycles. The maximum absolute atomic E-state index is 12.4. The minimum Gasteiger partial charge on any atom is -0.487 e. The van der Waals surface area contributed by atoms with Crippen LogP contribution in [0, 0.1) is 0 Å². The zero-order valence-corrected chi connectivity index (χ0v) is 25.6. The number of benzene rings is 3. The van der Waals surface area contributed by atoms with Gasteiger partial charge in [-0.05, 0) is 99.0 Å². The lowest BCUT2D eigenvalue weighted by Gasteiger charge is -2.18. The molecule has 2 N–H and O–H groups in total. The predicted octanol–water partition coefficient (Wildman–Crippen LogP) is 8.15. The Balaban J connectivity index is 0.000000708. The fourth-order valence-electron chi connectivity index (χ4n) is 3.70. The molecule has 0 amide bonds. The summed E-state index contributed by atoms with van der Waals surface area (Å²) in [5, 5.41) is 12.6. The molecule has 218 valence electrons. The van der Waals surface area contributed by atoms with Gasteiger partial charge in [0.15, 0.2) is 0 Å². The molecule has 0 radical (unpaired) electrons. The van der Waals surface area contributed by atoms with Crippen LogP contribution in [0.4, 0.5) is 18.9 Å². The highest BCUT2D eigenvalue weighted by atomic mass is 79.9. The van der Waals surface area contributed by atoms with Crippen LogP contribution < -0.4 is 14.8 Å². The molecule has 0 heterocycles. The number of hydrogen-bond donors (Lipinski definition) is 2. The molecule has 6 nitrogen and oxygen atoms in total. The van der Waals surface area contributed by atoms with Crippen molar-refractivity contribution in [1.82, 2.24) is 4.90 Å². The summed E-state index contributed by atoms with van der Waals surface area (Å²) in [5.41, 5.74) is 1.91. The highest BCUT2D eigenvalue weighted by Gasteiger charge is 2.31. The van der Waals surface area contributed by atoms with E-state index in [0.717, 1.165) is 5.56 Å². The molecule has 11 heteroatoms. The van der Waals surface area contributed by atoms with Crippen molar-refractivity contribution in [2.45, 2.75) is 46.2 Å². The molecule has 0 spiro atoms. The van der Waals surface area contributed by atoms with Gasteiger partial charge in [0.05, 0.1) is 8.95 Å². The lowest BCUT2D eigenvalue weighted by Crippen LogP contribution is -2.31. The van der Waals surface area contributed by atoms with Crippen molar-refractivity contribution in [3.63, 3.8) is 0 Å². The molecule has 0 fully saturated rings. The number of anilines is 1. The first kappa shape index (κ1) is 33.4. The Bertz CT molecular complexity index is 1180. The Kier molecular flexibility index (Phi) is 13.8. The van der Waals surface area contributed by atoms with E-state index in [-0.39, 0.29) is 18.8 Å². The highest BCUT2D eigenvalue weighted by Crippen LogP contribution is 2.36. The molecule has 0 bridgehead atoms. The Morgan fingerprint density at radius 3 is 2.02 bits per heavy atom. The minimum atomic E-state index is -4.77. The first-order valence-electron chi connectivity index (χ1n) is 12.7. The Morgan fingerprint density at radius 1 is 0.925 bits per heavy atom. The van der Waals surface area contributed by atoms with E-state index in [1.165, 1.54) is 37.8 Å². The van der Waals surface area contributed by atoms with Crippen LogP contribution in [-0.4, -0.2) is 48.0 Å². The average Bonchev–Trinajstić information content (AvgIpc) is 2.89.